The van der Waals surface area contributed by atoms with E-state index in [0.29, 0.717) is 47.3 Å². The van der Waals surface area contributed by atoms with Gasteiger partial charge in [0.25, 0.3) is 0 Å². The van der Waals surface area contributed by atoms with Gasteiger partial charge in [0.1, 0.15) is 0 Å². The van der Waals surface area contributed by atoms with E-state index < -0.39 is 0 Å². The molecule has 4 heteroatoms. The van der Waals surface area contributed by atoms with Gasteiger partial charge >= 0.3 is 0 Å². The SMILES string of the molecule is CC(C)[C@@H](O)[C@@H]1CC=CCC1.CC(C)[C@@H](O)[C@H]1CC=CCC1.CC(C)[C@H](O)[C@@H]1CC=CCC1.CC(C)[C@H](O)[C@H]1CC=CCC1. The van der Waals surface area contributed by atoms with Gasteiger partial charge in [0.15, 0.2) is 0 Å². The van der Waals surface area contributed by atoms with Crippen molar-refractivity contribution in [2.24, 2.45) is 47.3 Å². The molecule has 4 aliphatic rings. The molecule has 0 aromatic rings. The monoisotopic (exact) mass is 617 g/mol. The molecule has 0 aliphatic heterocycles. The average Bonchev–Trinajstić information content (AvgIpc) is 3.05. The number of aliphatic hydroxyl groups excluding tert-OH is 4. The molecule has 4 aliphatic carbocycles. The van der Waals surface area contributed by atoms with Crippen LogP contribution in [0.2, 0.25) is 0 Å². The molecule has 0 aromatic carbocycles. The van der Waals surface area contributed by atoms with Crippen LogP contribution in [0.15, 0.2) is 48.6 Å². The van der Waals surface area contributed by atoms with Gasteiger partial charge in [0.2, 0.25) is 0 Å². The van der Waals surface area contributed by atoms with Gasteiger partial charge in [-0.15, -0.1) is 0 Å². The molecule has 0 radical (unpaired) electrons. The van der Waals surface area contributed by atoms with Gasteiger partial charge in [-0.3, -0.25) is 0 Å². The summed E-state index contributed by atoms with van der Waals surface area (Å²) in [5.74, 6) is 3.69. The second-order valence-corrected chi connectivity index (χ2v) is 15.1. The Morgan fingerprint density at radius 1 is 0.341 bits per heavy atom. The Hall–Kier alpha value is -1.20. The topological polar surface area (TPSA) is 80.9 Å². The number of hydrogen-bond donors (Lipinski definition) is 4. The molecule has 0 saturated carbocycles. The number of hydrogen-bond acceptors (Lipinski definition) is 4. The molecular formula is C40H72O4. The van der Waals surface area contributed by atoms with Crippen LogP contribution in [0, 0.1) is 47.3 Å². The highest BCUT2D eigenvalue weighted by Gasteiger charge is 2.24. The minimum atomic E-state index is -0.0973. The van der Waals surface area contributed by atoms with Crippen LogP contribution in [-0.2, 0) is 0 Å². The van der Waals surface area contributed by atoms with E-state index in [0.717, 1.165) is 77.0 Å². The first-order valence-electron chi connectivity index (χ1n) is 18.2. The van der Waals surface area contributed by atoms with E-state index in [1.54, 1.807) is 0 Å². The first-order valence-corrected chi connectivity index (χ1v) is 18.2. The summed E-state index contributed by atoms with van der Waals surface area (Å²) in [5.41, 5.74) is 0. The van der Waals surface area contributed by atoms with Gasteiger partial charge in [0.05, 0.1) is 24.4 Å². The molecule has 0 saturated heterocycles. The third-order valence-corrected chi connectivity index (χ3v) is 9.90. The van der Waals surface area contributed by atoms with E-state index in [1.165, 1.54) is 0 Å². The van der Waals surface area contributed by atoms with Gasteiger partial charge in [0, 0.05) is 0 Å². The summed E-state index contributed by atoms with van der Waals surface area (Å²) >= 11 is 0. The van der Waals surface area contributed by atoms with Crippen LogP contribution >= 0.6 is 0 Å². The summed E-state index contributed by atoms with van der Waals surface area (Å²) < 4.78 is 0. The van der Waals surface area contributed by atoms with Crippen LogP contribution in [0.25, 0.3) is 0 Å². The molecule has 0 unspecified atom stereocenters. The highest BCUT2D eigenvalue weighted by Crippen LogP contribution is 2.28. The van der Waals surface area contributed by atoms with E-state index in [2.05, 4.69) is 104 Å². The Labute approximate surface area is 272 Å². The van der Waals surface area contributed by atoms with Crippen molar-refractivity contribution < 1.29 is 20.4 Å². The highest BCUT2D eigenvalue weighted by molar-refractivity contribution is 4.95. The fraction of sp³-hybridized carbons (Fsp3) is 0.800. The maximum Gasteiger partial charge on any atom is 0.0594 e. The lowest BCUT2D eigenvalue weighted by molar-refractivity contribution is 0.0600. The molecule has 0 spiro atoms. The Kier molecular flexibility index (Phi) is 21.5. The van der Waals surface area contributed by atoms with Crippen molar-refractivity contribution >= 4 is 0 Å². The van der Waals surface area contributed by atoms with Crippen molar-refractivity contribution in [2.75, 3.05) is 0 Å². The zero-order chi connectivity index (χ0) is 33.1. The minimum absolute atomic E-state index is 0.0973. The molecule has 8 atom stereocenters. The molecule has 0 amide bonds. The van der Waals surface area contributed by atoms with Crippen molar-refractivity contribution in [3.05, 3.63) is 48.6 Å². The predicted molar refractivity (Wildman–Crippen MR) is 189 cm³/mol. The first kappa shape index (κ1) is 40.8. The number of rotatable bonds is 8. The zero-order valence-corrected chi connectivity index (χ0v) is 29.8. The summed E-state index contributed by atoms with van der Waals surface area (Å²) in [6.45, 7) is 16.7. The van der Waals surface area contributed by atoms with Crippen LogP contribution in [0.4, 0.5) is 0 Å². The smallest absolute Gasteiger partial charge is 0.0594 e. The van der Waals surface area contributed by atoms with E-state index in [-0.39, 0.29) is 24.4 Å². The molecule has 4 N–H and O–H groups in total. The van der Waals surface area contributed by atoms with Gasteiger partial charge in [-0.1, -0.05) is 104 Å². The summed E-state index contributed by atoms with van der Waals surface area (Å²) in [5, 5.41) is 38.9. The fourth-order valence-corrected chi connectivity index (χ4v) is 6.69. The van der Waals surface area contributed by atoms with E-state index >= 15 is 0 Å². The molecule has 44 heavy (non-hydrogen) atoms. The maximum absolute atomic E-state index is 9.72. The summed E-state index contributed by atoms with van der Waals surface area (Å²) in [4.78, 5) is 0. The average molecular weight is 617 g/mol. The predicted octanol–water partition coefficient (Wildman–Crippen LogP) is 9.44. The Morgan fingerprint density at radius 3 is 0.636 bits per heavy atom. The van der Waals surface area contributed by atoms with Crippen LogP contribution < -0.4 is 0 Å². The second kappa shape index (κ2) is 23.2. The van der Waals surface area contributed by atoms with Gasteiger partial charge in [-0.05, 0) is 124 Å². The van der Waals surface area contributed by atoms with Crippen molar-refractivity contribution in [1.29, 1.82) is 0 Å². The van der Waals surface area contributed by atoms with Crippen LogP contribution in [0.1, 0.15) is 132 Å². The molecule has 4 nitrogen and oxygen atoms in total. The standard InChI is InChI=1S/4C10H18O/c4*1-8(2)10(11)9-6-4-3-5-7-9/h4*3-4,8-11H,5-7H2,1-2H3/t2*9-,10+;2*9-,10-/m1010/s1. The Morgan fingerprint density at radius 2 is 0.523 bits per heavy atom. The molecule has 0 fully saturated rings. The summed E-state index contributed by atoms with van der Waals surface area (Å²) in [7, 11) is 0. The quantitative estimate of drug-likeness (QED) is 0.205. The van der Waals surface area contributed by atoms with Crippen LogP contribution in [-0.4, -0.2) is 44.8 Å². The Bertz CT molecular complexity index is 687. The molecule has 0 bridgehead atoms. The van der Waals surface area contributed by atoms with Crippen molar-refractivity contribution in [1.82, 2.24) is 0 Å². The van der Waals surface area contributed by atoms with Gasteiger partial charge < -0.3 is 20.4 Å². The number of aliphatic hydroxyl groups is 4. The lowest BCUT2D eigenvalue weighted by Crippen LogP contribution is -2.26. The van der Waals surface area contributed by atoms with E-state index in [4.69, 9.17) is 0 Å². The van der Waals surface area contributed by atoms with E-state index in [9.17, 15) is 20.4 Å². The fourth-order valence-electron chi connectivity index (χ4n) is 6.69. The third-order valence-electron chi connectivity index (χ3n) is 9.90. The van der Waals surface area contributed by atoms with Crippen molar-refractivity contribution in [3.8, 4) is 0 Å². The van der Waals surface area contributed by atoms with Gasteiger partial charge in [-0.2, -0.15) is 0 Å². The summed E-state index contributed by atoms with van der Waals surface area (Å²) in [6.07, 6.45) is 30.7. The second-order valence-electron chi connectivity index (χ2n) is 15.1. The lowest BCUT2D eigenvalue weighted by atomic mass is 9.84. The normalized spacial score (nSPS) is 27.5. The number of allylic oxidation sites excluding steroid dienone is 8. The minimum Gasteiger partial charge on any atom is -0.393 e. The zero-order valence-electron chi connectivity index (χ0n) is 29.8. The summed E-state index contributed by atoms with van der Waals surface area (Å²) in [6, 6.07) is 0. The maximum atomic E-state index is 9.72. The third kappa shape index (κ3) is 16.4. The molecule has 4 rings (SSSR count). The van der Waals surface area contributed by atoms with Crippen LogP contribution in [0.3, 0.4) is 0 Å². The molecular weight excluding hydrogens is 544 g/mol. The lowest BCUT2D eigenvalue weighted by Gasteiger charge is -2.26. The molecule has 0 aromatic heterocycles. The molecule has 0 heterocycles. The van der Waals surface area contributed by atoms with Crippen molar-refractivity contribution in [2.45, 2.75) is 157 Å². The Balaban J connectivity index is 0.000000293. The molecule has 256 valence electrons. The highest BCUT2D eigenvalue weighted by atomic mass is 16.3. The largest absolute Gasteiger partial charge is 0.393 e. The first-order chi connectivity index (χ1) is 20.9. The van der Waals surface area contributed by atoms with Crippen molar-refractivity contribution in [3.63, 3.8) is 0 Å². The van der Waals surface area contributed by atoms with E-state index in [1.807, 2.05) is 0 Å². The van der Waals surface area contributed by atoms with Gasteiger partial charge in [-0.25, -0.2) is 0 Å². The van der Waals surface area contributed by atoms with Crippen LogP contribution in [0.5, 0.6) is 0 Å².